The number of hydrazone groups is 1. The molecule has 2 saturated carbocycles. The second kappa shape index (κ2) is 28.2. The van der Waals surface area contributed by atoms with E-state index in [4.69, 9.17) is 52.7 Å². The van der Waals surface area contributed by atoms with Crippen molar-refractivity contribution in [2.24, 2.45) is 28.8 Å². The molecule has 73 heavy (non-hydrogen) atoms. The number of esters is 3. The van der Waals surface area contributed by atoms with Crippen LogP contribution in [0.5, 0.6) is 28.7 Å². The SMILES string of the molecule is C=CC(=O)OCOc1ccc(CC(=O)C2CCC(COc3ccc(OCC4CCC(C(=O)Oc5ccc(OCOC(=O)C=C)cc5)CC4)c(/C=N/N(CCOCCOC)c4nc5ccccc5s4)c3)CC2)cc1. The molecular weight excluding hydrogens is 955 g/mol. The molecule has 0 spiro atoms. The van der Waals surface area contributed by atoms with Crippen molar-refractivity contribution >= 4 is 56.6 Å². The Morgan fingerprint density at radius 3 is 1.93 bits per heavy atom. The number of ketones is 1. The van der Waals surface area contributed by atoms with Gasteiger partial charge in [0.1, 0.15) is 34.5 Å². The quantitative estimate of drug-likeness (QED) is 0.00878. The van der Waals surface area contributed by atoms with Crippen LogP contribution >= 0.6 is 11.3 Å². The largest absolute Gasteiger partial charge is 0.493 e. The minimum atomic E-state index is -0.584. The van der Waals surface area contributed by atoms with Gasteiger partial charge in [-0.3, -0.25) is 9.59 Å². The Labute approximate surface area is 429 Å². The van der Waals surface area contributed by atoms with Gasteiger partial charge in [0, 0.05) is 37.2 Å². The number of methoxy groups -OCH3 is 1. The Hall–Kier alpha value is -7.08. The maximum absolute atomic E-state index is 13.3. The summed E-state index contributed by atoms with van der Waals surface area (Å²) >= 11 is 1.55. The summed E-state index contributed by atoms with van der Waals surface area (Å²) in [6.45, 7) is 9.02. The van der Waals surface area contributed by atoms with E-state index in [-0.39, 0.29) is 43.1 Å². The van der Waals surface area contributed by atoms with Crippen LogP contribution in [0.2, 0.25) is 0 Å². The predicted octanol–water partition coefficient (Wildman–Crippen LogP) is 9.72. The summed E-state index contributed by atoms with van der Waals surface area (Å²) in [6.07, 6.45) is 10.6. The Kier molecular flexibility index (Phi) is 20.8. The van der Waals surface area contributed by atoms with Gasteiger partial charge in [0.15, 0.2) is 0 Å². The fourth-order valence-corrected chi connectivity index (χ4v) is 9.42. The number of para-hydroxylation sites is 1. The second-order valence-electron chi connectivity index (χ2n) is 17.7. The molecule has 0 amide bonds. The summed E-state index contributed by atoms with van der Waals surface area (Å²) in [5.41, 5.74) is 2.53. The number of hydrogen-bond donors (Lipinski definition) is 0. The summed E-state index contributed by atoms with van der Waals surface area (Å²) in [5, 5.41) is 7.54. The Bertz CT molecular complexity index is 2590. The van der Waals surface area contributed by atoms with Crippen molar-refractivity contribution in [3.63, 3.8) is 0 Å². The number of carbonyl (C=O) groups excluding carboxylic acids is 4. The van der Waals surface area contributed by atoms with Crippen molar-refractivity contribution in [2.45, 2.75) is 57.8 Å². The number of nitrogens with zero attached hydrogens (tertiary/aromatic N) is 3. The van der Waals surface area contributed by atoms with Gasteiger partial charge in [0.25, 0.3) is 0 Å². The van der Waals surface area contributed by atoms with Gasteiger partial charge in [-0.15, -0.1) is 0 Å². The fraction of sp³-hybridized carbons (Fsp3) is 0.393. The van der Waals surface area contributed by atoms with Gasteiger partial charge in [-0.25, -0.2) is 19.6 Å². The molecule has 386 valence electrons. The molecule has 0 unspecified atom stereocenters. The van der Waals surface area contributed by atoms with Crippen LogP contribution in [0.15, 0.2) is 121 Å². The van der Waals surface area contributed by atoms with Crippen molar-refractivity contribution < 1.29 is 61.8 Å². The number of Topliss-reactive ketones (excluding diaryl/α,β-unsaturated/α-hetero) is 1. The minimum Gasteiger partial charge on any atom is -0.493 e. The summed E-state index contributed by atoms with van der Waals surface area (Å²) < 4.78 is 51.3. The van der Waals surface area contributed by atoms with Gasteiger partial charge >= 0.3 is 17.9 Å². The number of ether oxygens (including phenoxy) is 9. The van der Waals surface area contributed by atoms with Crippen LogP contribution in [0, 0.1) is 23.7 Å². The van der Waals surface area contributed by atoms with Gasteiger partial charge < -0.3 is 42.6 Å². The minimum absolute atomic E-state index is 0.00768. The topological polar surface area (TPSA) is 180 Å². The van der Waals surface area contributed by atoms with Crippen molar-refractivity contribution in [1.29, 1.82) is 0 Å². The Balaban J connectivity index is 0.948. The van der Waals surface area contributed by atoms with Crippen molar-refractivity contribution in [3.05, 3.63) is 127 Å². The number of fused-ring (bicyclic) bond motifs is 1. The number of aromatic nitrogens is 1. The molecular formula is C56H63N3O13S. The molecule has 0 N–H and O–H groups in total. The first-order chi connectivity index (χ1) is 35.7. The van der Waals surface area contributed by atoms with Crippen LogP contribution in [-0.4, -0.2) is 95.2 Å². The number of thiazole rings is 1. The lowest BCUT2D eigenvalue weighted by Gasteiger charge is -2.28. The molecule has 0 bridgehead atoms. The maximum atomic E-state index is 13.3. The normalized spacial score (nSPS) is 17.5. The van der Waals surface area contributed by atoms with E-state index in [0.29, 0.717) is 93.5 Å². The molecule has 2 aliphatic rings. The lowest BCUT2D eigenvalue weighted by molar-refractivity contribution is -0.145. The van der Waals surface area contributed by atoms with E-state index in [1.54, 1.807) is 61.1 Å². The Morgan fingerprint density at radius 2 is 1.29 bits per heavy atom. The highest BCUT2D eigenvalue weighted by Crippen LogP contribution is 2.35. The van der Waals surface area contributed by atoms with Crippen LogP contribution in [0.3, 0.4) is 0 Å². The van der Waals surface area contributed by atoms with Gasteiger partial charge in [-0.1, -0.05) is 48.8 Å². The predicted molar refractivity (Wildman–Crippen MR) is 276 cm³/mol. The molecule has 7 rings (SSSR count). The second-order valence-corrected chi connectivity index (χ2v) is 18.7. The van der Waals surface area contributed by atoms with Crippen molar-refractivity contribution in [2.75, 3.05) is 65.3 Å². The van der Waals surface area contributed by atoms with Crippen molar-refractivity contribution in [1.82, 2.24) is 4.98 Å². The molecule has 2 aliphatic carbocycles. The third-order valence-corrected chi connectivity index (χ3v) is 13.7. The zero-order chi connectivity index (χ0) is 51.2. The zero-order valence-corrected chi connectivity index (χ0v) is 42.0. The van der Waals surface area contributed by atoms with Crippen LogP contribution in [0.1, 0.15) is 62.5 Å². The summed E-state index contributed by atoms with van der Waals surface area (Å²) in [5.74, 6) is 1.83. The van der Waals surface area contributed by atoms with E-state index in [2.05, 4.69) is 13.2 Å². The van der Waals surface area contributed by atoms with E-state index in [9.17, 15) is 19.2 Å². The molecule has 1 aromatic heterocycles. The highest BCUT2D eigenvalue weighted by Gasteiger charge is 2.29. The number of benzene rings is 4. The first kappa shape index (κ1) is 53.7. The van der Waals surface area contributed by atoms with E-state index >= 15 is 0 Å². The molecule has 17 heteroatoms. The Morgan fingerprint density at radius 1 is 0.685 bits per heavy atom. The highest BCUT2D eigenvalue weighted by molar-refractivity contribution is 7.22. The summed E-state index contributed by atoms with van der Waals surface area (Å²) in [4.78, 5) is 53.9. The monoisotopic (exact) mass is 1020 g/mol. The number of rotatable bonds is 28. The third kappa shape index (κ3) is 17.0. The lowest BCUT2D eigenvalue weighted by Crippen LogP contribution is -2.27. The van der Waals surface area contributed by atoms with Gasteiger partial charge in [0.2, 0.25) is 18.7 Å². The van der Waals surface area contributed by atoms with E-state index < -0.39 is 11.9 Å². The van der Waals surface area contributed by atoms with Crippen LogP contribution in [0.4, 0.5) is 5.13 Å². The van der Waals surface area contributed by atoms with E-state index in [1.807, 2.05) is 59.6 Å². The molecule has 2 fully saturated rings. The molecule has 4 aromatic carbocycles. The zero-order valence-electron chi connectivity index (χ0n) is 41.2. The average Bonchev–Trinajstić information content (AvgIpc) is 3.86. The third-order valence-electron chi connectivity index (χ3n) is 12.7. The smallest absolute Gasteiger partial charge is 0.333 e. The molecule has 1 heterocycles. The van der Waals surface area contributed by atoms with Gasteiger partial charge in [-0.2, -0.15) is 5.10 Å². The number of anilines is 1. The fourth-order valence-electron chi connectivity index (χ4n) is 8.47. The van der Waals surface area contributed by atoms with Crippen LogP contribution in [-0.2, 0) is 44.5 Å². The summed E-state index contributed by atoms with van der Waals surface area (Å²) in [7, 11) is 1.64. The number of carbonyl (C=O) groups is 4. The first-order valence-electron chi connectivity index (χ1n) is 24.6. The van der Waals surface area contributed by atoms with E-state index in [1.165, 1.54) is 0 Å². The molecule has 0 atom stereocenters. The average molecular weight is 1020 g/mol. The molecule has 0 saturated heterocycles. The molecule has 0 aliphatic heterocycles. The first-order valence-corrected chi connectivity index (χ1v) is 25.4. The number of hydrogen-bond acceptors (Lipinski definition) is 17. The van der Waals surface area contributed by atoms with E-state index in [0.717, 1.165) is 77.2 Å². The molecule has 5 aromatic rings. The standard InChI is InChI=1S/C56H63N3O13S/c1-4-53(61)70-37-68-45-20-14-39(15-21-45)32-50(60)42-16-10-40(11-17-42)35-66-48-26-27-51(44(33-48)34-57-59(28-29-65-31-30-64-3)56-58-49-8-6-7-9-52(49)73-56)67-36-41-12-18-43(19-13-41)55(63)72-47-24-22-46(23-25-47)69-38-71-54(62)5-2/h4-9,14-15,20-27,33-34,40-43H,1-2,10-13,16-19,28-32,35-38H2,3H3/b57-34+. The molecule has 16 nitrogen and oxygen atoms in total. The molecule has 0 radical (unpaired) electrons. The van der Waals surface area contributed by atoms with Crippen LogP contribution in [0.25, 0.3) is 10.2 Å². The summed E-state index contributed by atoms with van der Waals surface area (Å²) in [6, 6.07) is 27.6. The van der Waals surface area contributed by atoms with Gasteiger partial charge in [0.05, 0.1) is 61.9 Å². The highest BCUT2D eigenvalue weighted by atomic mass is 32.1. The van der Waals surface area contributed by atoms with Crippen LogP contribution < -0.4 is 28.7 Å². The van der Waals surface area contributed by atoms with Crippen molar-refractivity contribution in [3.8, 4) is 28.7 Å². The lowest BCUT2D eigenvalue weighted by atomic mass is 9.79. The van der Waals surface area contributed by atoms with Gasteiger partial charge in [-0.05, 0) is 135 Å². The maximum Gasteiger partial charge on any atom is 0.333 e.